The van der Waals surface area contributed by atoms with Crippen molar-refractivity contribution in [2.75, 3.05) is 11.9 Å². The smallest absolute Gasteiger partial charge is 0.222 e. The highest BCUT2D eigenvalue weighted by atomic mass is 15.1. The van der Waals surface area contributed by atoms with Crippen LogP contribution in [-0.2, 0) is 0 Å². The molecule has 1 N–H and O–H groups in total. The third kappa shape index (κ3) is 2.50. The summed E-state index contributed by atoms with van der Waals surface area (Å²) >= 11 is 0. The van der Waals surface area contributed by atoms with Gasteiger partial charge in [0.1, 0.15) is 0 Å². The van der Waals surface area contributed by atoms with Crippen LogP contribution in [0.3, 0.4) is 0 Å². The molecule has 2 atom stereocenters. The molecule has 0 bridgehead atoms. The Morgan fingerprint density at radius 2 is 2.06 bits per heavy atom. The molecule has 0 saturated heterocycles. The van der Waals surface area contributed by atoms with Gasteiger partial charge in [0.25, 0.3) is 0 Å². The lowest BCUT2D eigenvalue weighted by atomic mass is 10.1. The molecule has 1 heterocycles. The molecule has 0 aliphatic heterocycles. The van der Waals surface area contributed by atoms with Gasteiger partial charge < -0.3 is 5.32 Å². The van der Waals surface area contributed by atoms with Gasteiger partial charge in [0.15, 0.2) is 0 Å². The zero-order chi connectivity index (χ0) is 12.4. The lowest BCUT2D eigenvalue weighted by Crippen LogP contribution is -2.08. The van der Waals surface area contributed by atoms with Crippen molar-refractivity contribution in [3.05, 3.63) is 53.9 Å². The van der Waals surface area contributed by atoms with Crippen LogP contribution in [0.15, 0.2) is 42.6 Å². The number of anilines is 1. The Labute approximate surface area is 107 Å². The first-order chi connectivity index (χ1) is 8.83. The number of nitrogens with one attached hydrogen (secondary N) is 1. The Kier molecular flexibility index (Phi) is 2.97. The van der Waals surface area contributed by atoms with Crippen LogP contribution in [0, 0.1) is 12.8 Å². The summed E-state index contributed by atoms with van der Waals surface area (Å²) in [5.74, 6) is 2.17. The number of hydrogen-bond acceptors (Lipinski definition) is 3. The van der Waals surface area contributed by atoms with E-state index in [0.29, 0.717) is 5.92 Å². The van der Waals surface area contributed by atoms with E-state index < -0.39 is 0 Å². The van der Waals surface area contributed by atoms with Crippen molar-refractivity contribution in [1.29, 1.82) is 0 Å². The van der Waals surface area contributed by atoms with Crippen molar-refractivity contribution in [2.45, 2.75) is 19.3 Å². The average molecular weight is 239 g/mol. The van der Waals surface area contributed by atoms with E-state index in [9.17, 15) is 0 Å². The second-order valence-electron chi connectivity index (χ2n) is 4.92. The highest BCUT2D eigenvalue weighted by Crippen LogP contribution is 2.47. The third-order valence-corrected chi connectivity index (χ3v) is 3.47. The van der Waals surface area contributed by atoms with E-state index in [1.54, 1.807) is 6.20 Å². The topological polar surface area (TPSA) is 37.8 Å². The fraction of sp³-hybridized carbons (Fsp3) is 0.333. The lowest BCUT2D eigenvalue weighted by molar-refractivity contribution is 0.832. The summed E-state index contributed by atoms with van der Waals surface area (Å²) < 4.78 is 0. The minimum Gasteiger partial charge on any atom is -0.354 e. The molecule has 2 unspecified atom stereocenters. The third-order valence-electron chi connectivity index (χ3n) is 3.47. The molecule has 1 aliphatic carbocycles. The normalized spacial score (nSPS) is 21.6. The second-order valence-corrected chi connectivity index (χ2v) is 4.92. The van der Waals surface area contributed by atoms with Crippen LogP contribution in [0.25, 0.3) is 0 Å². The zero-order valence-electron chi connectivity index (χ0n) is 10.5. The lowest BCUT2D eigenvalue weighted by Gasteiger charge is -2.04. The molecule has 18 heavy (non-hydrogen) atoms. The van der Waals surface area contributed by atoms with Crippen LogP contribution in [0.1, 0.15) is 23.6 Å². The van der Waals surface area contributed by atoms with E-state index >= 15 is 0 Å². The molecule has 3 nitrogen and oxygen atoms in total. The molecule has 3 rings (SSSR count). The predicted octanol–water partition coefficient (Wildman–Crippen LogP) is 3.00. The first kappa shape index (κ1) is 11.2. The fourth-order valence-corrected chi connectivity index (χ4v) is 2.34. The molecular weight excluding hydrogens is 222 g/mol. The summed E-state index contributed by atoms with van der Waals surface area (Å²) in [6.45, 7) is 2.94. The van der Waals surface area contributed by atoms with Crippen LogP contribution >= 0.6 is 0 Å². The van der Waals surface area contributed by atoms with E-state index in [4.69, 9.17) is 0 Å². The van der Waals surface area contributed by atoms with Gasteiger partial charge in [-0.1, -0.05) is 30.3 Å². The summed E-state index contributed by atoms with van der Waals surface area (Å²) in [7, 11) is 0. The van der Waals surface area contributed by atoms with Crippen LogP contribution in [-0.4, -0.2) is 16.5 Å². The number of nitrogens with zero attached hydrogens (tertiary/aromatic N) is 2. The zero-order valence-corrected chi connectivity index (χ0v) is 10.5. The van der Waals surface area contributed by atoms with E-state index in [0.717, 1.165) is 24.1 Å². The summed E-state index contributed by atoms with van der Waals surface area (Å²) in [5, 5.41) is 3.32. The molecule has 0 amide bonds. The van der Waals surface area contributed by atoms with Crippen LogP contribution in [0.5, 0.6) is 0 Å². The van der Waals surface area contributed by atoms with Crippen LogP contribution < -0.4 is 5.32 Å². The standard InChI is InChI=1S/C15H17N3/c1-11-7-8-16-15(18-11)17-10-13-9-14(13)12-5-3-2-4-6-12/h2-8,13-14H,9-10H2,1H3,(H,16,17,18). The molecular formula is C15H17N3. The van der Waals surface area contributed by atoms with Gasteiger partial charge in [-0.15, -0.1) is 0 Å². The van der Waals surface area contributed by atoms with Crippen molar-refractivity contribution in [3.63, 3.8) is 0 Å². The van der Waals surface area contributed by atoms with E-state index in [2.05, 4.69) is 45.6 Å². The first-order valence-corrected chi connectivity index (χ1v) is 6.41. The number of hydrogen-bond donors (Lipinski definition) is 1. The summed E-state index contributed by atoms with van der Waals surface area (Å²) in [6.07, 6.45) is 3.06. The van der Waals surface area contributed by atoms with E-state index in [1.807, 2.05) is 13.0 Å². The van der Waals surface area contributed by atoms with E-state index in [1.165, 1.54) is 12.0 Å². The predicted molar refractivity (Wildman–Crippen MR) is 72.5 cm³/mol. The molecule has 0 radical (unpaired) electrons. The molecule has 92 valence electrons. The highest BCUT2D eigenvalue weighted by molar-refractivity contribution is 5.29. The van der Waals surface area contributed by atoms with Gasteiger partial charge in [-0.25, -0.2) is 9.97 Å². The Bertz CT molecular complexity index is 524. The molecule has 2 aromatic rings. The van der Waals surface area contributed by atoms with Gasteiger partial charge in [-0.05, 0) is 36.8 Å². The van der Waals surface area contributed by atoms with Crippen molar-refractivity contribution < 1.29 is 0 Å². The van der Waals surface area contributed by atoms with Gasteiger partial charge >= 0.3 is 0 Å². The SMILES string of the molecule is Cc1ccnc(NCC2CC2c2ccccc2)n1. The maximum absolute atomic E-state index is 4.35. The average Bonchev–Trinajstić information content (AvgIpc) is 3.17. The van der Waals surface area contributed by atoms with Crippen molar-refractivity contribution >= 4 is 5.95 Å². The summed E-state index contributed by atoms with van der Waals surface area (Å²) in [6, 6.07) is 12.6. The maximum Gasteiger partial charge on any atom is 0.222 e. The number of benzene rings is 1. The summed E-state index contributed by atoms with van der Waals surface area (Å²) in [4.78, 5) is 8.56. The molecule has 3 heteroatoms. The van der Waals surface area contributed by atoms with Crippen molar-refractivity contribution in [3.8, 4) is 0 Å². The van der Waals surface area contributed by atoms with Crippen LogP contribution in [0.2, 0.25) is 0 Å². The molecule has 1 aliphatic rings. The Morgan fingerprint density at radius 1 is 1.22 bits per heavy atom. The van der Waals surface area contributed by atoms with Gasteiger partial charge in [0.2, 0.25) is 5.95 Å². The van der Waals surface area contributed by atoms with E-state index in [-0.39, 0.29) is 0 Å². The second kappa shape index (κ2) is 4.77. The molecule has 1 saturated carbocycles. The highest BCUT2D eigenvalue weighted by Gasteiger charge is 2.37. The maximum atomic E-state index is 4.35. The Morgan fingerprint density at radius 3 is 2.83 bits per heavy atom. The molecule has 1 fully saturated rings. The minimum atomic E-state index is 0.712. The van der Waals surface area contributed by atoms with Gasteiger partial charge in [-0.2, -0.15) is 0 Å². The largest absolute Gasteiger partial charge is 0.354 e. The molecule has 1 aromatic carbocycles. The molecule has 0 spiro atoms. The fourth-order valence-electron chi connectivity index (χ4n) is 2.34. The Balaban J connectivity index is 1.55. The van der Waals surface area contributed by atoms with Crippen molar-refractivity contribution in [2.24, 2.45) is 5.92 Å². The van der Waals surface area contributed by atoms with Crippen molar-refractivity contribution in [1.82, 2.24) is 9.97 Å². The summed E-state index contributed by atoms with van der Waals surface area (Å²) in [5.41, 5.74) is 2.46. The quantitative estimate of drug-likeness (QED) is 0.891. The van der Waals surface area contributed by atoms with Gasteiger partial charge in [0.05, 0.1) is 0 Å². The van der Waals surface area contributed by atoms with Gasteiger partial charge in [-0.3, -0.25) is 0 Å². The minimum absolute atomic E-state index is 0.712. The molecule has 1 aromatic heterocycles. The van der Waals surface area contributed by atoms with Gasteiger partial charge in [0, 0.05) is 18.4 Å². The number of rotatable bonds is 4. The first-order valence-electron chi connectivity index (χ1n) is 6.41. The Hall–Kier alpha value is -1.90. The number of aromatic nitrogens is 2. The monoisotopic (exact) mass is 239 g/mol. The number of aryl methyl sites for hydroxylation is 1. The van der Waals surface area contributed by atoms with Crippen LogP contribution in [0.4, 0.5) is 5.95 Å².